The fourth-order valence-electron chi connectivity index (χ4n) is 1.37. The highest BCUT2D eigenvalue weighted by Crippen LogP contribution is 2.30. The standard InChI is InChI=1S/C10H16F3N3S/c1-2-8(14)7-9-15-3-4-16(9)5-6-17-10(11,12)13/h3-4,8H,2,5-7,14H2,1H3. The summed E-state index contributed by atoms with van der Waals surface area (Å²) in [5.74, 6) is 0.746. The number of hydrogen-bond acceptors (Lipinski definition) is 3. The van der Waals surface area contributed by atoms with Gasteiger partial charge in [-0.05, 0) is 18.2 Å². The molecule has 0 spiro atoms. The zero-order chi connectivity index (χ0) is 12.9. The van der Waals surface area contributed by atoms with Crippen LogP contribution in [0.4, 0.5) is 13.2 Å². The van der Waals surface area contributed by atoms with Crippen molar-refractivity contribution in [3.05, 3.63) is 18.2 Å². The predicted molar refractivity (Wildman–Crippen MR) is 62.7 cm³/mol. The van der Waals surface area contributed by atoms with Crippen molar-refractivity contribution in [1.29, 1.82) is 0 Å². The van der Waals surface area contributed by atoms with Crippen LogP contribution >= 0.6 is 11.8 Å². The van der Waals surface area contributed by atoms with Gasteiger partial charge < -0.3 is 10.3 Å². The number of rotatable bonds is 6. The van der Waals surface area contributed by atoms with Crippen LogP contribution in [-0.2, 0) is 13.0 Å². The number of nitrogens with two attached hydrogens (primary N) is 1. The molecule has 1 rings (SSSR count). The minimum absolute atomic E-state index is 0.00573. The maximum atomic E-state index is 12.0. The van der Waals surface area contributed by atoms with Crippen molar-refractivity contribution < 1.29 is 13.2 Å². The fraction of sp³-hybridized carbons (Fsp3) is 0.700. The smallest absolute Gasteiger partial charge is 0.334 e. The normalized spacial score (nSPS) is 13.9. The van der Waals surface area contributed by atoms with Crippen LogP contribution in [0.2, 0.25) is 0 Å². The van der Waals surface area contributed by atoms with E-state index in [1.165, 1.54) is 0 Å². The van der Waals surface area contributed by atoms with E-state index in [1.54, 1.807) is 17.0 Å². The molecule has 17 heavy (non-hydrogen) atoms. The maximum Gasteiger partial charge on any atom is 0.441 e. The Kier molecular flexibility index (Phi) is 5.32. The van der Waals surface area contributed by atoms with E-state index in [4.69, 9.17) is 5.73 Å². The third-order valence-electron chi connectivity index (χ3n) is 2.37. The molecule has 1 aromatic rings. The minimum atomic E-state index is -4.17. The summed E-state index contributed by atoms with van der Waals surface area (Å²) in [6, 6.07) is 0.00594. The van der Waals surface area contributed by atoms with Gasteiger partial charge in [0, 0.05) is 37.2 Å². The number of imidazole rings is 1. The highest BCUT2D eigenvalue weighted by atomic mass is 32.2. The number of nitrogens with zero attached hydrogens (tertiary/aromatic N) is 2. The summed E-state index contributed by atoms with van der Waals surface area (Å²) in [6.45, 7) is 2.27. The van der Waals surface area contributed by atoms with Crippen molar-refractivity contribution in [2.75, 3.05) is 5.75 Å². The Morgan fingerprint density at radius 2 is 2.24 bits per heavy atom. The number of halogens is 3. The first-order valence-corrected chi connectivity index (χ1v) is 6.37. The Bertz CT molecular complexity index is 338. The summed E-state index contributed by atoms with van der Waals surface area (Å²) >= 11 is -0.0147. The summed E-state index contributed by atoms with van der Waals surface area (Å²) in [5.41, 5.74) is 1.63. The summed E-state index contributed by atoms with van der Waals surface area (Å²) in [4.78, 5) is 4.11. The second kappa shape index (κ2) is 6.30. The van der Waals surface area contributed by atoms with Crippen molar-refractivity contribution in [2.45, 2.75) is 37.9 Å². The van der Waals surface area contributed by atoms with Gasteiger partial charge in [0.15, 0.2) is 0 Å². The van der Waals surface area contributed by atoms with Gasteiger partial charge in [0.1, 0.15) is 5.82 Å². The molecule has 1 atom stereocenters. The summed E-state index contributed by atoms with van der Waals surface area (Å²) < 4.78 is 37.6. The first kappa shape index (κ1) is 14.4. The molecular formula is C10H16F3N3S. The number of aryl methyl sites for hydroxylation is 1. The number of aromatic nitrogens is 2. The topological polar surface area (TPSA) is 43.8 Å². The number of thioether (sulfide) groups is 1. The van der Waals surface area contributed by atoms with Gasteiger partial charge in [0.25, 0.3) is 0 Å². The van der Waals surface area contributed by atoms with E-state index in [-0.39, 0.29) is 23.6 Å². The van der Waals surface area contributed by atoms with Crippen LogP contribution in [0, 0.1) is 0 Å². The average molecular weight is 267 g/mol. The molecule has 0 aliphatic rings. The molecule has 0 saturated carbocycles. The van der Waals surface area contributed by atoms with E-state index in [1.807, 2.05) is 6.92 Å². The van der Waals surface area contributed by atoms with Crippen molar-refractivity contribution in [3.63, 3.8) is 0 Å². The van der Waals surface area contributed by atoms with E-state index in [0.29, 0.717) is 13.0 Å². The third-order valence-corrected chi connectivity index (χ3v) is 3.08. The largest absolute Gasteiger partial charge is 0.441 e. The molecule has 1 heterocycles. The van der Waals surface area contributed by atoms with E-state index in [0.717, 1.165) is 12.2 Å². The van der Waals surface area contributed by atoms with E-state index in [2.05, 4.69) is 4.98 Å². The average Bonchev–Trinajstić information content (AvgIpc) is 2.64. The first-order chi connectivity index (χ1) is 7.92. The molecule has 3 nitrogen and oxygen atoms in total. The van der Waals surface area contributed by atoms with Crippen LogP contribution in [-0.4, -0.2) is 26.9 Å². The maximum absolute atomic E-state index is 12.0. The van der Waals surface area contributed by atoms with Gasteiger partial charge >= 0.3 is 5.51 Å². The van der Waals surface area contributed by atoms with E-state index >= 15 is 0 Å². The van der Waals surface area contributed by atoms with Crippen LogP contribution in [0.3, 0.4) is 0 Å². The zero-order valence-electron chi connectivity index (χ0n) is 9.57. The Balaban J connectivity index is 2.46. The molecule has 1 aromatic heterocycles. The molecular weight excluding hydrogens is 251 g/mol. The highest BCUT2D eigenvalue weighted by molar-refractivity contribution is 8.00. The summed E-state index contributed by atoms with van der Waals surface area (Å²) in [5, 5.41) is 0. The van der Waals surface area contributed by atoms with Crippen LogP contribution in [0.25, 0.3) is 0 Å². The lowest BCUT2D eigenvalue weighted by Crippen LogP contribution is -2.23. The monoisotopic (exact) mass is 267 g/mol. The molecule has 98 valence electrons. The third kappa shape index (κ3) is 5.45. The molecule has 0 aliphatic carbocycles. The molecule has 0 aromatic carbocycles. The quantitative estimate of drug-likeness (QED) is 0.860. The zero-order valence-corrected chi connectivity index (χ0v) is 10.4. The molecule has 7 heteroatoms. The summed E-state index contributed by atoms with van der Waals surface area (Å²) in [6.07, 6.45) is 4.70. The fourth-order valence-corrected chi connectivity index (χ4v) is 1.89. The Labute approximate surface area is 103 Å². The van der Waals surface area contributed by atoms with Crippen LogP contribution < -0.4 is 5.73 Å². The minimum Gasteiger partial charge on any atom is -0.334 e. The van der Waals surface area contributed by atoms with Crippen LogP contribution in [0.1, 0.15) is 19.2 Å². The molecule has 0 amide bonds. The second-order valence-corrected chi connectivity index (χ2v) is 4.86. The van der Waals surface area contributed by atoms with Gasteiger partial charge in [-0.15, -0.1) is 0 Å². The SMILES string of the molecule is CCC(N)Cc1nccn1CCSC(F)(F)F. The highest BCUT2D eigenvalue weighted by Gasteiger charge is 2.27. The number of hydrogen-bond donors (Lipinski definition) is 1. The molecule has 2 N–H and O–H groups in total. The van der Waals surface area contributed by atoms with Crippen molar-refractivity contribution in [3.8, 4) is 0 Å². The summed E-state index contributed by atoms with van der Waals surface area (Å²) in [7, 11) is 0. The van der Waals surface area contributed by atoms with Gasteiger partial charge in [-0.1, -0.05) is 6.92 Å². The molecule has 0 bridgehead atoms. The van der Waals surface area contributed by atoms with Crippen molar-refractivity contribution in [1.82, 2.24) is 9.55 Å². The van der Waals surface area contributed by atoms with Crippen LogP contribution in [0.5, 0.6) is 0 Å². The lowest BCUT2D eigenvalue weighted by atomic mass is 10.1. The second-order valence-electron chi connectivity index (χ2n) is 3.70. The lowest BCUT2D eigenvalue weighted by Gasteiger charge is -2.11. The van der Waals surface area contributed by atoms with Gasteiger partial charge in [0.2, 0.25) is 0 Å². The van der Waals surface area contributed by atoms with Gasteiger partial charge in [0.05, 0.1) is 0 Å². The Hall–Kier alpha value is -0.690. The molecule has 0 aliphatic heterocycles. The Morgan fingerprint density at radius 1 is 1.53 bits per heavy atom. The molecule has 0 fully saturated rings. The first-order valence-electron chi connectivity index (χ1n) is 5.38. The van der Waals surface area contributed by atoms with Gasteiger partial charge in [-0.3, -0.25) is 0 Å². The lowest BCUT2D eigenvalue weighted by molar-refractivity contribution is -0.0328. The molecule has 1 unspecified atom stereocenters. The van der Waals surface area contributed by atoms with Crippen molar-refractivity contribution >= 4 is 11.8 Å². The van der Waals surface area contributed by atoms with Crippen molar-refractivity contribution in [2.24, 2.45) is 5.73 Å². The molecule has 0 radical (unpaired) electrons. The number of alkyl halides is 3. The van der Waals surface area contributed by atoms with E-state index < -0.39 is 5.51 Å². The van der Waals surface area contributed by atoms with Gasteiger partial charge in [-0.2, -0.15) is 13.2 Å². The van der Waals surface area contributed by atoms with Gasteiger partial charge in [-0.25, -0.2) is 4.98 Å². The predicted octanol–water partition coefficient (Wildman–Crippen LogP) is 2.42. The van der Waals surface area contributed by atoms with E-state index in [9.17, 15) is 13.2 Å². The Morgan fingerprint density at radius 3 is 2.82 bits per heavy atom. The van der Waals surface area contributed by atoms with Crippen LogP contribution in [0.15, 0.2) is 12.4 Å². The molecule has 0 saturated heterocycles.